The lowest BCUT2D eigenvalue weighted by Gasteiger charge is -2.21. The topological polar surface area (TPSA) is 52.6 Å². The summed E-state index contributed by atoms with van der Waals surface area (Å²) in [7, 11) is 0. The van der Waals surface area contributed by atoms with Gasteiger partial charge < -0.3 is 15.3 Å². The Morgan fingerprint density at radius 3 is 2.29 bits per heavy atom. The van der Waals surface area contributed by atoms with Gasteiger partial charge in [0, 0.05) is 19.6 Å². The monoisotopic (exact) mass is 202 g/mol. The first-order valence-electron chi connectivity index (χ1n) is 5.35. The molecule has 84 valence electrons. The fourth-order valence-electron chi connectivity index (χ4n) is 1.29. The minimum absolute atomic E-state index is 0.0782. The highest BCUT2D eigenvalue weighted by molar-refractivity contribution is 5.78. The lowest BCUT2D eigenvalue weighted by molar-refractivity contribution is -0.130. The molecule has 0 saturated heterocycles. The van der Waals surface area contributed by atoms with E-state index in [1.165, 1.54) is 0 Å². The summed E-state index contributed by atoms with van der Waals surface area (Å²) in [4.78, 5) is 13.4. The van der Waals surface area contributed by atoms with E-state index < -0.39 is 0 Å². The lowest BCUT2D eigenvalue weighted by atomic mass is 10.3. The van der Waals surface area contributed by atoms with Crippen molar-refractivity contribution in [2.45, 2.75) is 26.7 Å². The molecule has 0 aromatic rings. The normalized spacial score (nSPS) is 10.2. The second-order valence-corrected chi connectivity index (χ2v) is 3.28. The number of amides is 1. The van der Waals surface area contributed by atoms with Crippen LogP contribution in [0.2, 0.25) is 0 Å². The molecule has 0 heterocycles. The van der Waals surface area contributed by atoms with E-state index in [0.717, 1.165) is 25.9 Å². The quantitative estimate of drug-likeness (QED) is 0.553. The number of aliphatic hydroxyl groups is 1. The summed E-state index contributed by atoms with van der Waals surface area (Å²) in [5.41, 5.74) is 0. The van der Waals surface area contributed by atoms with Crippen molar-refractivity contribution in [2.24, 2.45) is 0 Å². The number of carbonyl (C=O) groups excluding carboxylic acids is 1. The molecule has 0 spiro atoms. The largest absolute Gasteiger partial charge is 0.395 e. The number of rotatable bonds is 8. The number of hydrogen-bond donors (Lipinski definition) is 2. The van der Waals surface area contributed by atoms with E-state index in [1.807, 2.05) is 4.90 Å². The van der Waals surface area contributed by atoms with E-state index in [1.54, 1.807) is 0 Å². The molecular weight excluding hydrogens is 180 g/mol. The van der Waals surface area contributed by atoms with Gasteiger partial charge >= 0.3 is 0 Å². The number of hydrogen-bond acceptors (Lipinski definition) is 3. The molecular formula is C10H22N2O2. The Hall–Kier alpha value is -0.610. The van der Waals surface area contributed by atoms with Crippen molar-refractivity contribution in [3.63, 3.8) is 0 Å². The number of nitrogens with one attached hydrogen (secondary N) is 1. The molecule has 0 rings (SSSR count). The fraction of sp³-hybridized carbons (Fsp3) is 0.900. The molecule has 0 radical (unpaired) electrons. The molecule has 1 amide bonds. The van der Waals surface area contributed by atoms with Gasteiger partial charge in [-0.15, -0.1) is 0 Å². The van der Waals surface area contributed by atoms with E-state index in [0.29, 0.717) is 13.1 Å². The summed E-state index contributed by atoms with van der Waals surface area (Å²) >= 11 is 0. The highest BCUT2D eigenvalue weighted by Crippen LogP contribution is 1.94. The fourth-order valence-corrected chi connectivity index (χ4v) is 1.29. The molecule has 4 heteroatoms. The van der Waals surface area contributed by atoms with E-state index in [9.17, 15) is 4.79 Å². The number of aliphatic hydroxyl groups excluding tert-OH is 1. The van der Waals surface area contributed by atoms with Crippen LogP contribution in [0.5, 0.6) is 0 Å². The molecule has 0 bridgehead atoms. The maximum absolute atomic E-state index is 11.6. The Kier molecular flexibility index (Phi) is 8.57. The summed E-state index contributed by atoms with van der Waals surface area (Å²) in [6, 6.07) is 0. The van der Waals surface area contributed by atoms with Gasteiger partial charge in [-0.25, -0.2) is 0 Å². The first-order chi connectivity index (χ1) is 6.76. The number of nitrogens with zero attached hydrogens (tertiary/aromatic N) is 1. The van der Waals surface area contributed by atoms with Crippen LogP contribution in [0.15, 0.2) is 0 Å². The van der Waals surface area contributed by atoms with Crippen molar-refractivity contribution in [3.05, 3.63) is 0 Å². The average Bonchev–Trinajstić information content (AvgIpc) is 2.18. The van der Waals surface area contributed by atoms with Crippen molar-refractivity contribution in [1.82, 2.24) is 10.2 Å². The van der Waals surface area contributed by atoms with Crippen molar-refractivity contribution in [2.75, 3.05) is 32.8 Å². The highest BCUT2D eigenvalue weighted by Gasteiger charge is 2.09. The van der Waals surface area contributed by atoms with Gasteiger partial charge in [-0.1, -0.05) is 13.8 Å². The zero-order valence-electron chi connectivity index (χ0n) is 9.25. The Labute approximate surface area is 86.3 Å². The van der Waals surface area contributed by atoms with Gasteiger partial charge in [0.2, 0.25) is 5.91 Å². The Morgan fingerprint density at radius 2 is 1.86 bits per heavy atom. The summed E-state index contributed by atoms with van der Waals surface area (Å²) in [5, 5.41) is 11.4. The zero-order chi connectivity index (χ0) is 10.8. The molecule has 0 aliphatic rings. The third-order valence-electron chi connectivity index (χ3n) is 1.90. The third-order valence-corrected chi connectivity index (χ3v) is 1.90. The lowest BCUT2D eigenvalue weighted by Crippen LogP contribution is -2.39. The number of carbonyl (C=O) groups is 1. The van der Waals surface area contributed by atoms with Crippen LogP contribution in [0.1, 0.15) is 26.7 Å². The predicted molar refractivity (Wildman–Crippen MR) is 57.1 cm³/mol. The highest BCUT2D eigenvalue weighted by atomic mass is 16.3. The molecule has 0 aromatic carbocycles. The van der Waals surface area contributed by atoms with Crippen LogP contribution in [-0.2, 0) is 4.79 Å². The van der Waals surface area contributed by atoms with Gasteiger partial charge in [0.1, 0.15) is 0 Å². The Bertz CT molecular complexity index is 145. The molecule has 0 unspecified atom stereocenters. The summed E-state index contributed by atoms with van der Waals surface area (Å²) in [6.07, 6.45) is 1.98. The summed E-state index contributed by atoms with van der Waals surface area (Å²) in [6.45, 7) is 6.68. The van der Waals surface area contributed by atoms with Gasteiger partial charge in [-0.05, 0) is 12.8 Å². The Morgan fingerprint density at radius 1 is 1.29 bits per heavy atom. The SMILES string of the molecule is CCCN(CCC)C(=O)CNCCO. The molecule has 0 saturated carbocycles. The maximum atomic E-state index is 11.6. The predicted octanol–water partition coefficient (Wildman–Crippen LogP) is 0.217. The molecule has 0 aliphatic carbocycles. The molecule has 14 heavy (non-hydrogen) atoms. The zero-order valence-corrected chi connectivity index (χ0v) is 9.25. The van der Waals surface area contributed by atoms with Crippen LogP contribution in [0.3, 0.4) is 0 Å². The van der Waals surface area contributed by atoms with Crippen LogP contribution in [-0.4, -0.2) is 48.7 Å². The molecule has 0 aliphatic heterocycles. The molecule has 0 atom stereocenters. The minimum atomic E-state index is 0.0782. The van der Waals surface area contributed by atoms with E-state index in [2.05, 4.69) is 19.2 Å². The smallest absolute Gasteiger partial charge is 0.236 e. The van der Waals surface area contributed by atoms with Crippen LogP contribution >= 0.6 is 0 Å². The second-order valence-electron chi connectivity index (χ2n) is 3.28. The van der Waals surface area contributed by atoms with Crippen molar-refractivity contribution < 1.29 is 9.90 Å². The molecule has 0 fully saturated rings. The molecule has 0 aromatic heterocycles. The van der Waals surface area contributed by atoms with E-state index in [-0.39, 0.29) is 12.5 Å². The van der Waals surface area contributed by atoms with Gasteiger partial charge in [0.15, 0.2) is 0 Å². The third kappa shape index (κ3) is 5.94. The van der Waals surface area contributed by atoms with Gasteiger partial charge in [0.05, 0.1) is 13.2 Å². The molecule has 2 N–H and O–H groups in total. The Balaban J connectivity index is 3.76. The van der Waals surface area contributed by atoms with Gasteiger partial charge in [-0.2, -0.15) is 0 Å². The van der Waals surface area contributed by atoms with Crippen LogP contribution < -0.4 is 5.32 Å². The van der Waals surface area contributed by atoms with Crippen molar-refractivity contribution in [1.29, 1.82) is 0 Å². The molecule has 4 nitrogen and oxygen atoms in total. The van der Waals surface area contributed by atoms with Gasteiger partial charge in [0.25, 0.3) is 0 Å². The van der Waals surface area contributed by atoms with E-state index in [4.69, 9.17) is 5.11 Å². The summed E-state index contributed by atoms with van der Waals surface area (Å²) < 4.78 is 0. The van der Waals surface area contributed by atoms with Crippen molar-refractivity contribution >= 4 is 5.91 Å². The van der Waals surface area contributed by atoms with E-state index >= 15 is 0 Å². The summed E-state index contributed by atoms with van der Waals surface area (Å²) in [5.74, 6) is 0.127. The van der Waals surface area contributed by atoms with Crippen LogP contribution in [0, 0.1) is 0 Å². The minimum Gasteiger partial charge on any atom is -0.395 e. The standard InChI is InChI=1S/C10H22N2O2/c1-3-6-12(7-4-2)10(14)9-11-5-8-13/h11,13H,3-9H2,1-2H3. The maximum Gasteiger partial charge on any atom is 0.236 e. The van der Waals surface area contributed by atoms with Crippen molar-refractivity contribution in [3.8, 4) is 0 Å². The van der Waals surface area contributed by atoms with Gasteiger partial charge in [-0.3, -0.25) is 4.79 Å². The van der Waals surface area contributed by atoms with Crippen LogP contribution in [0.25, 0.3) is 0 Å². The average molecular weight is 202 g/mol. The van der Waals surface area contributed by atoms with Crippen LogP contribution in [0.4, 0.5) is 0 Å². The second kappa shape index (κ2) is 8.97. The first kappa shape index (κ1) is 13.4. The first-order valence-corrected chi connectivity index (χ1v) is 5.35.